The van der Waals surface area contributed by atoms with E-state index in [2.05, 4.69) is 0 Å². The van der Waals surface area contributed by atoms with E-state index in [1.54, 1.807) is 12.1 Å². The van der Waals surface area contributed by atoms with Gasteiger partial charge in [-0.3, -0.25) is 4.79 Å². The Labute approximate surface area is 99.8 Å². The molecule has 1 aliphatic carbocycles. The zero-order valence-electron chi connectivity index (χ0n) is 9.78. The van der Waals surface area contributed by atoms with Crippen LogP contribution in [0.2, 0.25) is 0 Å². The van der Waals surface area contributed by atoms with E-state index in [1.807, 2.05) is 0 Å². The molecular formula is C13H16FNO2. The maximum absolute atomic E-state index is 12.8. The number of nitrogens with two attached hydrogens (primary N) is 1. The third-order valence-electron chi connectivity index (χ3n) is 3.66. The molecule has 0 heterocycles. The molecule has 1 aliphatic rings. The van der Waals surface area contributed by atoms with Crippen LogP contribution in [0, 0.1) is 11.2 Å². The van der Waals surface area contributed by atoms with Crippen molar-refractivity contribution < 1.29 is 13.9 Å². The van der Waals surface area contributed by atoms with Crippen molar-refractivity contribution >= 4 is 5.97 Å². The standard InChI is InChI=1S/C13H16FNO2/c1-17-12(16)13(7-2-8-13)11(15)9-3-5-10(14)6-4-9/h3-6,11H,2,7-8,15H2,1H3. The summed E-state index contributed by atoms with van der Waals surface area (Å²) in [5.74, 6) is -0.567. The highest BCUT2D eigenvalue weighted by Gasteiger charge is 2.50. The Kier molecular flexibility index (Phi) is 3.15. The number of ether oxygens (including phenoxy) is 1. The minimum atomic E-state index is -0.618. The summed E-state index contributed by atoms with van der Waals surface area (Å²) in [6.45, 7) is 0. The molecule has 92 valence electrons. The molecule has 1 aromatic rings. The van der Waals surface area contributed by atoms with Crippen LogP contribution in [-0.2, 0) is 9.53 Å². The Balaban J connectivity index is 2.26. The van der Waals surface area contributed by atoms with Crippen LogP contribution >= 0.6 is 0 Å². The largest absolute Gasteiger partial charge is 0.469 e. The molecular weight excluding hydrogens is 221 g/mol. The van der Waals surface area contributed by atoms with Crippen molar-refractivity contribution in [1.29, 1.82) is 0 Å². The topological polar surface area (TPSA) is 52.3 Å². The highest BCUT2D eigenvalue weighted by molar-refractivity contribution is 5.79. The van der Waals surface area contributed by atoms with E-state index in [0.717, 1.165) is 24.8 Å². The van der Waals surface area contributed by atoms with Crippen molar-refractivity contribution in [2.45, 2.75) is 25.3 Å². The maximum atomic E-state index is 12.8. The first-order valence-corrected chi connectivity index (χ1v) is 5.69. The van der Waals surface area contributed by atoms with E-state index in [-0.39, 0.29) is 11.8 Å². The lowest BCUT2D eigenvalue weighted by atomic mass is 9.62. The number of esters is 1. The van der Waals surface area contributed by atoms with Crippen LogP contribution in [0.25, 0.3) is 0 Å². The molecule has 1 unspecified atom stereocenters. The SMILES string of the molecule is COC(=O)C1(C(N)c2ccc(F)cc2)CCC1. The molecule has 0 amide bonds. The fraction of sp³-hybridized carbons (Fsp3) is 0.462. The number of methoxy groups -OCH3 is 1. The van der Waals surface area contributed by atoms with Gasteiger partial charge in [0.1, 0.15) is 5.82 Å². The minimum absolute atomic E-state index is 0.263. The number of hydrogen-bond donors (Lipinski definition) is 1. The molecule has 0 aliphatic heterocycles. The van der Waals surface area contributed by atoms with Gasteiger partial charge in [-0.15, -0.1) is 0 Å². The van der Waals surface area contributed by atoms with Gasteiger partial charge in [0.25, 0.3) is 0 Å². The van der Waals surface area contributed by atoms with Crippen molar-refractivity contribution in [2.75, 3.05) is 7.11 Å². The van der Waals surface area contributed by atoms with E-state index in [9.17, 15) is 9.18 Å². The monoisotopic (exact) mass is 237 g/mol. The number of rotatable bonds is 3. The molecule has 0 bridgehead atoms. The third-order valence-corrected chi connectivity index (χ3v) is 3.66. The van der Waals surface area contributed by atoms with Gasteiger partial charge in [0.05, 0.1) is 12.5 Å². The molecule has 3 nitrogen and oxygen atoms in total. The second-order valence-electron chi connectivity index (χ2n) is 4.53. The molecule has 2 rings (SSSR count). The minimum Gasteiger partial charge on any atom is -0.469 e. The van der Waals surface area contributed by atoms with Crippen LogP contribution < -0.4 is 5.73 Å². The van der Waals surface area contributed by atoms with Gasteiger partial charge in [-0.05, 0) is 30.5 Å². The quantitative estimate of drug-likeness (QED) is 0.820. The highest BCUT2D eigenvalue weighted by Crippen LogP contribution is 2.49. The first-order chi connectivity index (χ1) is 8.10. The average molecular weight is 237 g/mol. The molecule has 0 saturated heterocycles. The van der Waals surface area contributed by atoms with Gasteiger partial charge >= 0.3 is 5.97 Å². The highest BCUT2D eigenvalue weighted by atomic mass is 19.1. The lowest BCUT2D eigenvalue weighted by Gasteiger charge is -2.43. The van der Waals surface area contributed by atoms with Crippen LogP contribution in [0.4, 0.5) is 4.39 Å². The number of carbonyl (C=O) groups excluding carboxylic acids is 1. The van der Waals surface area contributed by atoms with Gasteiger partial charge in [0.2, 0.25) is 0 Å². The smallest absolute Gasteiger partial charge is 0.313 e. The van der Waals surface area contributed by atoms with Crippen LogP contribution in [0.1, 0.15) is 30.9 Å². The van der Waals surface area contributed by atoms with Gasteiger partial charge in [-0.1, -0.05) is 18.6 Å². The molecule has 1 saturated carbocycles. The second kappa shape index (κ2) is 4.45. The van der Waals surface area contributed by atoms with E-state index < -0.39 is 11.5 Å². The first-order valence-electron chi connectivity index (χ1n) is 5.69. The van der Waals surface area contributed by atoms with Crippen LogP contribution in [0.15, 0.2) is 24.3 Å². The normalized spacial score (nSPS) is 19.2. The molecule has 0 spiro atoms. The van der Waals surface area contributed by atoms with Crippen LogP contribution in [0.3, 0.4) is 0 Å². The zero-order chi connectivity index (χ0) is 12.5. The Hall–Kier alpha value is -1.42. The van der Waals surface area contributed by atoms with Crippen LogP contribution in [-0.4, -0.2) is 13.1 Å². The van der Waals surface area contributed by atoms with Crippen molar-refractivity contribution in [3.63, 3.8) is 0 Å². The van der Waals surface area contributed by atoms with Gasteiger partial charge in [0.15, 0.2) is 0 Å². The molecule has 2 N–H and O–H groups in total. The van der Waals surface area contributed by atoms with Gasteiger partial charge in [-0.25, -0.2) is 4.39 Å². The average Bonchev–Trinajstić information content (AvgIpc) is 2.28. The summed E-state index contributed by atoms with van der Waals surface area (Å²) in [6, 6.07) is 5.55. The van der Waals surface area contributed by atoms with E-state index in [4.69, 9.17) is 10.5 Å². The van der Waals surface area contributed by atoms with Crippen molar-refractivity contribution in [1.82, 2.24) is 0 Å². The van der Waals surface area contributed by atoms with Crippen LogP contribution in [0.5, 0.6) is 0 Å². The number of benzene rings is 1. The number of carbonyl (C=O) groups is 1. The second-order valence-corrected chi connectivity index (χ2v) is 4.53. The Morgan fingerprint density at radius 1 is 1.41 bits per heavy atom. The number of halogens is 1. The summed E-state index contributed by atoms with van der Waals surface area (Å²) in [5, 5.41) is 0. The fourth-order valence-corrected chi connectivity index (χ4v) is 2.39. The first kappa shape index (κ1) is 12.0. The summed E-state index contributed by atoms with van der Waals surface area (Å²) in [6.07, 6.45) is 2.44. The Morgan fingerprint density at radius 2 is 2.00 bits per heavy atom. The van der Waals surface area contributed by atoms with E-state index in [1.165, 1.54) is 19.2 Å². The molecule has 1 aromatic carbocycles. The molecule has 4 heteroatoms. The van der Waals surface area contributed by atoms with Crippen molar-refractivity contribution in [3.8, 4) is 0 Å². The van der Waals surface area contributed by atoms with E-state index >= 15 is 0 Å². The molecule has 1 fully saturated rings. The fourth-order valence-electron chi connectivity index (χ4n) is 2.39. The summed E-state index contributed by atoms with van der Waals surface area (Å²) in [7, 11) is 1.37. The lowest BCUT2D eigenvalue weighted by molar-refractivity contribution is -0.160. The predicted octanol–water partition coefficient (Wildman–Crippen LogP) is 2.17. The Bertz CT molecular complexity index is 412. The molecule has 1 atom stereocenters. The summed E-state index contributed by atoms with van der Waals surface area (Å²) in [4.78, 5) is 11.8. The third kappa shape index (κ3) is 1.93. The van der Waals surface area contributed by atoms with Gasteiger partial charge < -0.3 is 10.5 Å². The summed E-state index contributed by atoms with van der Waals surface area (Å²) >= 11 is 0. The molecule has 0 aromatic heterocycles. The zero-order valence-corrected chi connectivity index (χ0v) is 9.78. The maximum Gasteiger partial charge on any atom is 0.313 e. The molecule has 0 radical (unpaired) electrons. The Morgan fingerprint density at radius 3 is 2.41 bits per heavy atom. The number of hydrogen-bond acceptors (Lipinski definition) is 3. The molecule has 17 heavy (non-hydrogen) atoms. The van der Waals surface area contributed by atoms with E-state index in [0.29, 0.717) is 0 Å². The van der Waals surface area contributed by atoms with Gasteiger partial charge in [-0.2, -0.15) is 0 Å². The lowest BCUT2D eigenvalue weighted by Crippen LogP contribution is -2.47. The predicted molar refractivity (Wildman–Crippen MR) is 61.6 cm³/mol. The van der Waals surface area contributed by atoms with Gasteiger partial charge in [0, 0.05) is 6.04 Å². The van der Waals surface area contributed by atoms with Crippen molar-refractivity contribution in [2.24, 2.45) is 11.1 Å². The summed E-state index contributed by atoms with van der Waals surface area (Å²) in [5.41, 5.74) is 6.29. The summed E-state index contributed by atoms with van der Waals surface area (Å²) < 4.78 is 17.7. The van der Waals surface area contributed by atoms with Crippen molar-refractivity contribution in [3.05, 3.63) is 35.6 Å².